The summed E-state index contributed by atoms with van der Waals surface area (Å²) >= 11 is 0. The van der Waals surface area contributed by atoms with Crippen molar-refractivity contribution in [3.8, 4) is 11.1 Å². The van der Waals surface area contributed by atoms with Gasteiger partial charge in [0.2, 0.25) is 5.91 Å². The van der Waals surface area contributed by atoms with Crippen LogP contribution in [0.25, 0.3) is 11.1 Å². The van der Waals surface area contributed by atoms with Crippen molar-refractivity contribution in [1.29, 1.82) is 0 Å². The molecule has 4 rings (SSSR count). The average Bonchev–Trinajstić information content (AvgIpc) is 3.65. The predicted molar refractivity (Wildman–Crippen MR) is 133 cm³/mol. The van der Waals surface area contributed by atoms with Gasteiger partial charge >= 0.3 is 12.1 Å². The maximum atomic E-state index is 12.8. The molecule has 7 heteroatoms. The quantitative estimate of drug-likeness (QED) is 0.392. The van der Waals surface area contributed by atoms with Gasteiger partial charge in [0.1, 0.15) is 12.6 Å². The van der Waals surface area contributed by atoms with E-state index in [1.165, 1.54) is 0 Å². The number of aliphatic carboxylic acids is 1. The molecule has 0 saturated heterocycles. The van der Waals surface area contributed by atoms with E-state index in [9.17, 15) is 14.4 Å². The zero-order valence-electron chi connectivity index (χ0n) is 19.7. The van der Waals surface area contributed by atoms with E-state index in [2.05, 4.69) is 41.5 Å². The number of benzene rings is 2. The number of nitrogens with one attached hydrogen (secondary N) is 2. The fourth-order valence-corrected chi connectivity index (χ4v) is 4.89. The molecule has 0 aromatic heterocycles. The molecular weight excluding hydrogens is 444 g/mol. The minimum atomic E-state index is -0.865. The van der Waals surface area contributed by atoms with Crippen LogP contribution in [0.4, 0.5) is 4.79 Å². The van der Waals surface area contributed by atoms with E-state index in [0.29, 0.717) is 18.8 Å². The molecule has 2 aromatic rings. The number of hydrogen-bond acceptors (Lipinski definition) is 4. The van der Waals surface area contributed by atoms with Crippen molar-refractivity contribution in [3.05, 3.63) is 72.3 Å². The van der Waals surface area contributed by atoms with Crippen LogP contribution >= 0.6 is 0 Å². The molecule has 35 heavy (non-hydrogen) atoms. The topological polar surface area (TPSA) is 105 Å². The lowest BCUT2D eigenvalue weighted by Crippen LogP contribution is -2.48. The lowest BCUT2D eigenvalue weighted by molar-refractivity contribution is -0.138. The van der Waals surface area contributed by atoms with Crippen molar-refractivity contribution in [2.24, 2.45) is 11.8 Å². The molecule has 0 radical (unpaired) electrons. The summed E-state index contributed by atoms with van der Waals surface area (Å²) in [5.41, 5.74) is 4.53. The molecule has 1 fully saturated rings. The molecule has 0 aliphatic heterocycles. The summed E-state index contributed by atoms with van der Waals surface area (Å²) in [5.74, 6) is -1.02. The van der Waals surface area contributed by atoms with Crippen LogP contribution in [-0.4, -0.2) is 42.3 Å². The summed E-state index contributed by atoms with van der Waals surface area (Å²) < 4.78 is 5.59. The minimum absolute atomic E-state index is 0.0298. The number of ether oxygens (including phenoxy) is 1. The molecule has 2 unspecified atom stereocenters. The van der Waals surface area contributed by atoms with Crippen LogP contribution in [0.5, 0.6) is 0 Å². The van der Waals surface area contributed by atoms with Gasteiger partial charge in [-0.3, -0.25) is 9.59 Å². The standard InChI is InChI=1S/C28H32N2O5/c1-2-3-12-25(27(33)29-16-19(15-26(31)32)18-13-14-18)30-28(34)35-17-24-22-10-6-4-8-20(22)21-9-5-7-11-23(21)24/h2,4-11,18-19,24-25H,1,3,12-17H2,(H,29,33)(H,30,34)(H,31,32). The van der Waals surface area contributed by atoms with Crippen LogP contribution in [0.1, 0.15) is 49.1 Å². The number of amides is 2. The summed E-state index contributed by atoms with van der Waals surface area (Å²) in [7, 11) is 0. The van der Waals surface area contributed by atoms with E-state index in [1.807, 2.05) is 24.3 Å². The van der Waals surface area contributed by atoms with Crippen LogP contribution in [0.2, 0.25) is 0 Å². The predicted octanol–water partition coefficient (Wildman–Crippen LogP) is 4.48. The van der Waals surface area contributed by atoms with E-state index in [0.717, 1.165) is 35.1 Å². The highest BCUT2D eigenvalue weighted by atomic mass is 16.5. The van der Waals surface area contributed by atoms with E-state index in [-0.39, 0.29) is 37.3 Å². The first-order valence-corrected chi connectivity index (χ1v) is 12.2. The summed E-state index contributed by atoms with van der Waals surface area (Å²) in [4.78, 5) is 36.7. The third-order valence-corrected chi connectivity index (χ3v) is 6.88. The maximum absolute atomic E-state index is 12.8. The van der Waals surface area contributed by atoms with Crippen LogP contribution in [0, 0.1) is 11.8 Å². The first-order valence-electron chi connectivity index (χ1n) is 12.2. The van der Waals surface area contributed by atoms with Crippen LogP contribution in [-0.2, 0) is 14.3 Å². The van der Waals surface area contributed by atoms with Crippen molar-refractivity contribution in [2.75, 3.05) is 13.2 Å². The van der Waals surface area contributed by atoms with Gasteiger partial charge in [0.05, 0.1) is 6.42 Å². The Kier molecular flexibility index (Phi) is 7.85. The zero-order chi connectivity index (χ0) is 24.8. The highest BCUT2D eigenvalue weighted by Gasteiger charge is 2.34. The van der Waals surface area contributed by atoms with E-state index >= 15 is 0 Å². The molecule has 0 bridgehead atoms. The maximum Gasteiger partial charge on any atom is 0.407 e. The second-order valence-corrected chi connectivity index (χ2v) is 9.33. The Morgan fingerprint density at radius 3 is 2.26 bits per heavy atom. The Labute approximate surface area is 205 Å². The molecule has 2 atom stereocenters. The number of alkyl carbamates (subject to hydrolysis) is 1. The van der Waals surface area contributed by atoms with E-state index < -0.39 is 18.1 Å². The van der Waals surface area contributed by atoms with Gasteiger partial charge < -0.3 is 20.5 Å². The van der Waals surface area contributed by atoms with Crippen molar-refractivity contribution >= 4 is 18.0 Å². The monoisotopic (exact) mass is 476 g/mol. The number of rotatable bonds is 12. The Morgan fingerprint density at radius 1 is 1.06 bits per heavy atom. The zero-order valence-corrected chi connectivity index (χ0v) is 19.7. The van der Waals surface area contributed by atoms with E-state index in [4.69, 9.17) is 9.84 Å². The Bertz CT molecular complexity index is 1050. The van der Waals surface area contributed by atoms with Gasteiger partial charge in [0, 0.05) is 12.5 Å². The van der Waals surface area contributed by atoms with Gasteiger partial charge in [-0.2, -0.15) is 0 Å². The first-order chi connectivity index (χ1) is 17.0. The molecule has 7 nitrogen and oxygen atoms in total. The van der Waals surface area contributed by atoms with Crippen LogP contribution < -0.4 is 10.6 Å². The molecule has 2 amide bonds. The van der Waals surface area contributed by atoms with E-state index in [1.54, 1.807) is 6.08 Å². The molecule has 1 saturated carbocycles. The number of carboxylic acid groups (broad SMARTS) is 1. The SMILES string of the molecule is C=CCCC(NC(=O)OCC1c2ccccc2-c2ccccc21)C(=O)NCC(CC(=O)O)C1CC1. The highest BCUT2D eigenvalue weighted by Crippen LogP contribution is 2.44. The number of carbonyl (C=O) groups excluding carboxylic acids is 2. The van der Waals surface area contributed by atoms with Gasteiger partial charge in [0.25, 0.3) is 0 Å². The highest BCUT2D eigenvalue weighted by molar-refractivity contribution is 5.85. The summed E-state index contributed by atoms with van der Waals surface area (Å²) in [6, 6.07) is 15.4. The molecule has 0 heterocycles. The molecule has 3 N–H and O–H groups in total. The summed E-state index contributed by atoms with van der Waals surface area (Å²) in [6.45, 7) is 4.15. The Balaban J connectivity index is 1.35. The smallest absolute Gasteiger partial charge is 0.407 e. The van der Waals surface area contributed by atoms with Gasteiger partial charge in [-0.25, -0.2) is 4.79 Å². The molecule has 2 aliphatic rings. The number of fused-ring (bicyclic) bond motifs is 3. The number of carboxylic acids is 1. The number of allylic oxidation sites excluding steroid dienone is 1. The average molecular weight is 477 g/mol. The van der Waals surface area contributed by atoms with Crippen LogP contribution in [0.3, 0.4) is 0 Å². The van der Waals surface area contributed by atoms with Gasteiger partial charge in [-0.15, -0.1) is 6.58 Å². The van der Waals surface area contributed by atoms with Gasteiger partial charge in [0.15, 0.2) is 0 Å². The summed E-state index contributed by atoms with van der Waals surface area (Å²) in [5, 5.41) is 14.7. The Morgan fingerprint density at radius 2 is 1.69 bits per heavy atom. The third-order valence-electron chi connectivity index (χ3n) is 6.88. The lowest BCUT2D eigenvalue weighted by Gasteiger charge is -2.21. The van der Waals surface area contributed by atoms with Gasteiger partial charge in [-0.05, 0) is 59.8 Å². The van der Waals surface area contributed by atoms with Crippen molar-refractivity contribution in [1.82, 2.24) is 10.6 Å². The van der Waals surface area contributed by atoms with Crippen molar-refractivity contribution < 1.29 is 24.2 Å². The number of carbonyl (C=O) groups is 3. The largest absolute Gasteiger partial charge is 0.481 e. The van der Waals surface area contributed by atoms with Gasteiger partial charge in [-0.1, -0.05) is 54.6 Å². The van der Waals surface area contributed by atoms with Crippen molar-refractivity contribution in [2.45, 2.75) is 44.1 Å². The second-order valence-electron chi connectivity index (χ2n) is 9.33. The second kappa shape index (κ2) is 11.2. The fraction of sp³-hybridized carbons (Fsp3) is 0.393. The Hall–Kier alpha value is -3.61. The normalized spacial score (nSPS) is 15.9. The first kappa shape index (κ1) is 24.5. The van der Waals surface area contributed by atoms with Crippen molar-refractivity contribution in [3.63, 3.8) is 0 Å². The molecule has 184 valence electrons. The minimum Gasteiger partial charge on any atom is -0.481 e. The molecule has 2 aromatic carbocycles. The molecule has 2 aliphatic carbocycles. The summed E-state index contributed by atoms with van der Waals surface area (Å²) in [6.07, 6.45) is 3.98. The fourth-order valence-electron chi connectivity index (χ4n) is 4.89. The third kappa shape index (κ3) is 6.10. The van der Waals surface area contributed by atoms with Crippen LogP contribution in [0.15, 0.2) is 61.2 Å². The molecule has 0 spiro atoms. The number of hydrogen-bond donors (Lipinski definition) is 3. The lowest BCUT2D eigenvalue weighted by atomic mass is 9.98. The molecular formula is C28H32N2O5.